The Kier molecular flexibility index (Phi) is 3.56. The first-order valence-corrected chi connectivity index (χ1v) is 7.33. The minimum atomic E-state index is 1.05. The molecule has 0 N–H and O–H groups in total. The third kappa shape index (κ3) is 2.82. The normalized spacial score (nSPS) is 14.7. The predicted octanol–water partition coefficient (Wildman–Crippen LogP) is 5.54. The van der Waals surface area contributed by atoms with E-state index in [-0.39, 0.29) is 0 Å². The molecule has 94 valence electrons. The van der Waals surface area contributed by atoms with Gasteiger partial charge in [0.2, 0.25) is 0 Å². The van der Waals surface area contributed by atoms with E-state index >= 15 is 0 Å². The fourth-order valence-corrected chi connectivity index (χ4v) is 3.32. The molecule has 0 fully saturated rings. The second kappa shape index (κ2) is 5.50. The molecule has 19 heavy (non-hydrogen) atoms. The average molecular weight is 264 g/mol. The molecule has 1 aliphatic rings. The van der Waals surface area contributed by atoms with Gasteiger partial charge < -0.3 is 0 Å². The van der Waals surface area contributed by atoms with E-state index < -0.39 is 0 Å². The molecule has 0 amide bonds. The summed E-state index contributed by atoms with van der Waals surface area (Å²) in [5.74, 6) is 0. The molecule has 1 aliphatic carbocycles. The summed E-state index contributed by atoms with van der Waals surface area (Å²) >= 11 is 1.89. The molecule has 0 heterocycles. The minimum Gasteiger partial charge on any atom is -0.0939 e. The fourth-order valence-electron chi connectivity index (χ4n) is 2.29. The molecular weight excluding hydrogens is 248 g/mol. The van der Waals surface area contributed by atoms with Crippen LogP contribution in [0.1, 0.15) is 18.9 Å². The Labute approximate surface area is 118 Å². The Balaban J connectivity index is 1.76. The molecule has 1 heteroatoms. The molecule has 3 rings (SSSR count). The Hall–Kier alpha value is -1.73. The summed E-state index contributed by atoms with van der Waals surface area (Å²) in [4.78, 5) is 2.78. The van der Waals surface area contributed by atoms with Gasteiger partial charge in [0, 0.05) is 11.3 Å². The van der Waals surface area contributed by atoms with Gasteiger partial charge >= 0.3 is 0 Å². The molecular formula is C18H16S. The molecule has 0 saturated heterocycles. The number of thioether (sulfide) groups is 1. The lowest BCUT2D eigenvalue weighted by Gasteiger charge is -2.06. The van der Waals surface area contributed by atoms with Crippen molar-refractivity contribution in [1.82, 2.24) is 0 Å². The van der Waals surface area contributed by atoms with Crippen molar-refractivity contribution in [1.29, 1.82) is 0 Å². The van der Waals surface area contributed by atoms with Crippen molar-refractivity contribution < 1.29 is 0 Å². The molecule has 0 atom stereocenters. The Bertz CT molecular complexity index is 621. The second-order valence-electron chi connectivity index (χ2n) is 4.73. The van der Waals surface area contributed by atoms with E-state index in [2.05, 4.69) is 73.7 Å². The van der Waals surface area contributed by atoms with Crippen molar-refractivity contribution in [3.05, 3.63) is 82.8 Å². The zero-order chi connectivity index (χ0) is 13.1. The van der Waals surface area contributed by atoms with Gasteiger partial charge in [-0.15, -0.1) is 0 Å². The van der Waals surface area contributed by atoms with Crippen LogP contribution in [0.2, 0.25) is 0 Å². The van der Waals surface area contributed by atoms with Gasteiger partial charge in [-0.05, 0) is 40.7 Å². The van der Waals surface area contributed by atoms with Gasteiger partial charge in [0.05, 0.1) is 0 Å². The fraction of sp³-hybridized carbons (Fsp3) is 0.111. The first kappa shape index (κ1) is 12.3. The largest absolute Gasteiger partial charge is 0.0939 e. The summed E-state index contributed by atoms with van der Waals surface area (Å²) in [6.07, 6.45) is 3.37. The van der Waals surface area contributed by atoms with Crippen molar-refractivity contribution >= 4 is 17.3 Å². The molecule has 0 unspecified atom stereocenters. The van der Waals surface area contributed by atoms with Gasteiger partial charge in [0.1, 0.15) is 0 Å². The Morgan fingerprint density at radius 2 is 1.47 bits per heavy atom. The van der Waals surface area contributed by atoms with E-state index in [1.807, 2.05) is 11.8 Å². The van der Waals surface area contributed by atoms with E-state index in [9.17, 15) is 0 Å². The lowest BCUT2D eigenvalue weighted by atomic mass is 10.1. The summed E-state index contributed by atoms with van der Waals surface area (Å²) in [6.45, 7) is 2.21. The third-order valence-corrected chi connectivity index (χ3v) is 4.53. The summed E-state index contributed by atoms with van der Waals surface area (Å²) < 4.78 is 0. The summed E-state index contributed by atoms with van der Waals surface area (Å²) in [7, 11) is 0. The van der Waals surface area contributed by atoms with Crippen LogP contribution in [0.3, 0.4) is 0 Å². The van der Waals surface area contributed by atoms with E-state index in [4.69, 9.17) is 0 Å². The topological polar surface area (TPSA) is 0 Å². The minimum absolute atomic E-state index is 1.05. The molecule has 0 aliphatic heterocycles. The van der Waals surface area contributed by atoms with Crippen LogP contribution in [-0.4, -0.2) is 0 Å². The highest BCUT2D eigenvalue weighted by Crippen LogP contribution is 2.41. The van der Waals surface area contributed by atoms with Gasteiger partial charge in [-0.25, -0.2) is 0 Å². The van der Waals surface area contributed by atoms with Crippen LogP contribution in [0.4, 0.5) is 0 Å². The smallest absolute Gasteiger partial charge is 0.0119 e. The van der Waals surface area contributed by atoms with Crippen LogP contribution >= 0.6 is 11.8 Å². The van der Waals surface area contributed by atoms with E-state index in [1.165, 1.54) is 26.5 Å². The quantitative estimate of drug-likeness (QED) is 0.701. The van der Waals surface area contributed by atoms with Gasteiger partial charge in [-0.2, -0.15) is 0 Å². The molecule has 0 saturated carbocycles. The highest BCUT2D eigenvalue weighted by molar-refractivity contribution is 8.03. The van der Waals surface area contributed by atoms with Gasteiger partial charge in [-0.3, -0.25) is 0 Å². The Morgan fingerprint density at radius 1 is 0.842 bits per heavy atom. The lowest BCUT2D eigenvalue weighted by Crippen LogP contribution is -1.81. The summed E-state index contributed by atoms with van der Waals surface area (Å²) in [5, 5.41) is 0. The van der Waals surface area contributed by atoms with Crippen molar-refractivity contribution in [2.24, 2.45) is 0 Å². The number of allylic oxidation sites excluding steroid dienone is 4. The predicted molar refractivity (Wildman–Crippen MR) is 84.0 cm³/mol. The van der Waals surface area contributed by atoms with Gasteiger partial charge in [0.25, 0.3) is 0 Å². The third-order valence-electron chi connectivity index (χ3n) is 3.31. The number of benzene rings is 2. The summed E-state index contributed by atoms with van der Waals surface area (Å²) in [5.41, 5.74) is 4.16. The van der Waals surface area contributed by atoms with Crippen LogP contribution in [0, 0.1) is 0 Å². The average Bonchev–Trinajstić information content (AvgIpc) is 2.82. The number of hydrogen-bond donors (Lipinski definition) is 0. The first-order chi connectivity index (χ1) is 9.33. The molecule has 2 aromatic rings. The SMILES string of the molecule is CC1=C(Sc2ccccc2)CC(c2ccccc2)=C1. The first-order valence-electron chi connectivity index (χ1n) is 6.51. The van der Waals surface area contributed by atoms with Crippen molar-refractivity contribution in [3.63, 3.8) is 0 Å². The molecule has 0 bridgehead atoms. The van der Waals surface area contributed by atoms with E-state index in [1.54, 1.807) is 0 Å². The maximum Gasteiger partial charge on any atom is 0.0119 e. The molecule has 0 aromatic heterocycles. The molecule has 2 aromatic carbocycles. The van der Waals surface area contributed by atoms with Crippen LogP contribution in [-0.2, 0) is 0 Å². The zero-order valence-electron chi connectivity index (χ0n) is 11.0. The van der Waals surface area contributed by atoms with Crippen LogP contribution in [0.15, 0.2) is 82.1 Å². The molecule has 0 nitrogen and oxygen atoms in total. The maximum atomic E-state index is 2.32. The van der Waals surface area contributed by atoms with Crippen molar-refractivity contribution in [2.75, 3.05) is 0 Å². The number of hydrogen-bond acceptors (Lipinski definition) is 1. The van der Waals surface area contributed by atoms with E-state index in [0.29, 0.717) is 0 Å². The highest BCUT2D eigenvalue weighted by atomic mass is 32.2. The molecule has 0 spiro atoms. The number of rotatable bonds is 3. The van der Waals surface area contributed by atoms with Crippen molar-refractivity contribution in [2.45, 2.75) is 18.2 Å². The van der Waals surface area contributed by atoms with Crippen LogP contribution < -0.4 is 0 Å². The molecule has 0 radical (unpaired) electrons. The highest BCUT2D eigenvalue weighted by Gasteiger charge is 2.15. The monoisotopic (exact) mass is 264 g/mol. The van der Waals surface area contributed by atoms with Gasteiger partial charge in [-0.1, -0.05) is 66.4 Å². The summed E-state index contributed by atoms with van der Waals surface area (Å²) in [6, 6.07) is 21.3. The lowest BCUT2D eigenvalue weighted by molar-refractivity contribution is 1.36. The van der Waals surface area contributed by atoms with Gasteiger partial charge in [0.15, 0.2) is 0 Å². The standard InChI is InChI=1S/C18H16S/c1-14-12-16(15-8-4-2-5-9-15)13-18(14)19-17-10-6-3-7-11-17/h2-12H,13H2,1H3. The van der Waals surface area contributed by atoms with E-state index in [0.717, 1.165) is 6.42 Å². The second-order valence-corrected chi connectivity index (χ2v) is 5.90. The Morgan fingerprint density at radius 3 is 2.16 bits per heavy atom. The maximum absolute atomic E-state index is 2.32. The zero-order valence-corrected chi connectivity index (χ0v) is 11.8. The van der Waals surface area contributed by atoms with Crippen LogP contribution in [0.5, 0.6) is 0 Å². The van der Waals surface area contributed by atoms with Crippen molar-refractivity contribution in [3.8, 4) is 0 Å². The van der Waals surface area contributed by atoms with Crippen LogP contribution in [0.25, 0.3) is 5.57 Å².